The Morgan fingerprint density at radius 2 is 2.15 bits per heavy atom. The van der Waals surface area contributed by atoms with Gasteiger partial charge in [0.1, 0.15) is 5.75 Å². The number of aromatic nitrogens is 1. The Bertz CT molecular complexity index is 511. The number of hydrogen-bond donors (Lipinski definition) is 0. The molecular weight excluding hydrogens is 270 g/mol. The van der Waals surface area contributed by atoms with Gasteiger partial charge in [0.25, 0.3) is 0 Å². The van der Waals surface area contributed by atoms with Crippen molar-refractivity contribution in [2.24, 2.45) is 0 Å². The first-order chi connectivity index (χ1) is 9.86. The van der Waals surface area contributed by atoms with Crippen LogP contribution in [0, 0.1) is 0 Å². The molecule has 0 fully saturated rings. The van der Waals surface area contributed by atoms with E-state index in [1.807, 2.05) is 10.9 Å². The fourth-order valence-electron chi connectivity index (χ4n) is 2.10. The zero-order chi connectivity index (χ0) is 14.2. The summed E-state index contributed by atoms with van der Waals surface area (Å²) >= 11 is 1.60. The van der Waals surface area contributed by atoms with E-state index in [1.54, 1.807) is 18.4 Å². The lowest BCUT2D eigenvalue weighted by molar-refractivity contribution is 0.134. The number of ether oxygens (including phenoxy) is 2. The third-order valence-electron chi connectivity index (χ3n) is 3.17. The molecule has 0 radical (unpaired) electrons. The molecule has 0 spiro atoms. The van der Waals surface area contributed by atoms with Gasteiger partial charge >= 0.3 is 0 Å². The van der Waals surface area contributed by atoms with Crippen molar-refractivity contribution in [1.82, 2.24) is 4.98 Å². The van der Waals surface area contributed by atoms with Crippen LogP contribution in [0.25, 0.3) is 11.3 Å². The second-order valence-electron chi connectivity index (χ2n) is 4.59. The minimum absolute atomic E-state index is 0.733. The predicted molar refractivity (Wildman–Crippen MR) is 83.5 cm³/mol. The first-order valence-electron chi connectivity index (χ1n) is 6.99. The van der Waals surface area contributed by atoms with Crippen molar-refractivity contribution in [2.75, 3.05) is 20.3 Å². The number of rotatable bonds is 8. The summed E-state index contributed by atoms with van der Waals surface area (Å²) in [7, 11) is 1.71. The van der Waals surface area contributed by atoms with Crippen molar-refractivity contribution in [3.05, 3.63) is 34.7 Å². The van der Waals surface area contributed by atoms with Crippen LogP contribution in [0.15, 0.2) is 29.1 Å². The van der Waals surface area contributed by atoms with Crippen molar-refractivity contribution >= 4 is 11.3 Å². The van der Waals surface area contributed by atoms with Crippen LogP contribution in [0.4, 0.5) is 0 Å². The maximum atomic E-state index is 5.64. The topological polar surface area (TPSA) is 31.4 Å². The summed E-state index contributed by atoms with van der Waals surface area (Å²) in [5.74, 6) is 0.914. The Balaban J connectivity index is 2.07. The molecule has 0 atom stereocenters. The van der Waals surface area contributed by atoms with Crippen LogP contribution in [0.5, 0.6) is 5.75 Å². The van der Waals surface area contributed by atoms with E-state index in [9.17, 15) is 0 Å². The van der Waals surface area contributed by atoms with Crippen molar-refractivity contribution < 1.29 is 9.47 Å². The standard InChI is InChI=1S/C16H21NO2S/c1-3-4-9-19-10-8-13-6-5-7-14(16(13)18-2)15-11-20-12-17-15/h5-7,11-12H,3-4,8-10H2,1-2H3. The molecule has 2 aromatic rings. The van der Waals surface area contributed by atoms with Crippen LogP contribution in [0.2, 0.25) is 0 Å². The largest absolute Gasteiger partial charge is 0.496 e. The molecule has 1 aromatic heterocycles. The van der Waals surface area contributed by atoms with Gasteiger partial charge in [-0.25, -0.2) is 4.98 Å². The SMILES string of the molecule is CCCCOCCc1cccc(-c2cscn2)c1OC. The zero-order valence-electron chi connectivity index (χ0n) is 12.1. The molecule has 20 heavy (non-hydrogen) atoms. The van der Waals surface area contributed by atoms with Crippen LogP contribution in [0.3, 0.4) is 0 Å². The third-order valence-corrected chi connectivity index (χ3v) is 3.75. The molecule has 0 bridgehead atoms. The summed E-state index contributed by atoms with van der Waals surface area (Å²) in [5.41, 5.74) is 5.05. The molecule has 2 rings (SSSR count). The highest BCUT2D eigenvalue weighted by Gasteiger charge is 2.11. The molecule has 1 aromatic carbocycles. The summed E-state index contributed by atoms with van der Waals surface area (Å²) in [5, 5.41) is 2.04. The smallest absolute Gasteiger partial charge is 0.131 e. The Hall–Kier alpha value is -1.39. The average molecular weight is 291 g/mol. The summed E-state index contributed by atoms with van der Waals surface area (Å²) < 4.78 is 11.2. The summed E-state index contributed by atoms with van der Waals surface area (Å²) in [6.07, 6.45) is 3.16. The summed E-state index contributed by atoms with van der Waals surface area (Å²) in [4.78, 5) is 4.36. The second kappa shape index (κ2) is 8.02. The fourth-order valence-corrected chi connectivity index (χ4v) is 2.65. The molecule has 108 valence electrons. The highest BCUT2D eigenvalue weighted by atomic mass is 32.1. The normalized spacial score (nSPS) is 10.7. The highest BCUT2D eigenvalue weighted by Crippen LogP contribution is 2.33. The summed E-state index contributed by atoms with van der Waals surface area (Å²) in [6.45, 7) is 3.74. The van der Waals surface area contributed by atoms with Gasteiger partial charge in [0.2, 0.25) is 0 Å². The van der Waals surface area contributed by atoms with Crippen LogP contribution in [-0.4, -0.2) is 25.3 Å². The maximum Gasteiger partial charge on any atom is 0.131 e. The number of methoxy groups -OCH3 is 1. The molecule has 0 unspecified atom stereocenters. The summed E-state index contributed by atoms with van der Waals surface area (Å²) in [6, 6.07) is 6.20. The van der Waals surface area contributed by atoms with Crippen molar-refractivity contribution in [1.29, 1.82) is 0 Å². The van der Waals surface area contributed by atoms with E-state index in [-0.39, 0.29) is 0 Å². The maximum absolute atomic E-state index is 5.64. The number of benzene rings is 1. The van der Waals surface area contributed by atoms with E-state index >= 15 is 0 Å². The number of para-hydroxylation sites is 1. The monoisotopic (exact) mass is 291 g/mol. The first-order valence-corrected chi connectivity index (χ1v) is 7.93. The number of thiazole rings is 1. The van der Waals surface area contributed by atoms with Gasteiger partial charge in [0.05, 0.1) is 24.9 Å². The Morgan fingerprint density at radius 3 is 2.85 bits per heavy atom. The second-order valence-corrected chi connectivity index (χ2v) is 5.31. The van der Waals surface area contributed by atoms with E-state index in [4.69, 9.17) is 9.47 Å². The molecule has 0 aliphatic rings. The van der Waals surface area contributed by atoms with Gasteiger partial charge in [-0.2, -0.15) is 0 Å². The molecular formula is C16H21NO2S. The van der Waals surface area contributed by atoms with Gasteiger partial charge in [-0.05, 0) is 24.5 Å². The van der Waals surface area contributed by atoms with Crippen molar-refractivity contribution in [3.8, 4) is 17.0 Å². The van der Waals surface area contributed by atoms with Gasteiger partial charge in [0, 0.05) is 17.6 Å². The number of hydrogen-bond acceptors (Lipinski definition) is 4. The molecule has 0 saturated heterocycles. The first kappa shape index (κ1) is 15.0. The fraction of sp³-hybridized carbons (Fsp3) is 0.438. The van der Waals surface area contributed by atoms with Crippen LogP contribution >= 0.6 is 11.3 Å². The molecule has 1 heterocycles. The van der Waals surface area contributed by atoms with Crippen LogP contribution in [-0.2, 0) is 11.2 Å². The lowest BCUT2D eigenvalue weighted by Gasteiger charge is -2.12. The Morgan fingerprint density at radius 1 is 1.25 bits per heavy atom. The lowest BCUT2D eigenvalue weighted by atomic mass is 10.0. The van der Waals surface area contributed by atoms with Gasteiger partial charge in [0.15, 0.2) is 0 Å². The highest BCUT2D eigenvalue weighted by molar-refractivity contribution is 7.07. The van der Waals surface area contributed by atoms with Crippen molar-refractivity contribution in [2.45, 2.75) is 26.2 Å². The van der Waals surface area contributed by atoms with Gasteiger partial charge in [-0.3, -0.25) is 0 Å². The molecule has 0 aliphatic carbocycles. The minimum Gasteiger partial charge on any atom is -0.496 e. The minimum atomic E-state index is 0.733. The zero-order valence-corrected chi connectivity index (χ0v) is 12.9. The van der Waals surface area contributed by atoms with E-state index in [0.717, 1.165) is 43.1 Å². The van der Waals surface area contributed by atoms with Gasteiger partial charge < -0.3 is 9.47 Å². The molecule has 4 heteroatoms. The molecule has 0 aliphatic heterocycles. The molecule has 0 amide bonds. The Kier molecular flexibility index (Phi) is 6.02. The van der Waals surface area contributed by atoms with Crippen LogP contribution < -0.4 is 4.74 Å². The Labute approximate surface area is 124 Å². The molecule has 0 N–H and O–H groups in total. The van der Waals surface area contributed by atoms with Crippen molar-refractivity contribution in [3.63, 3.8) is 0 Å². The van der Waals surface area contributed by atoms with Gasteiger partial charge in [-0.1, -0.05) is 25.5 Å². The van der Waals surface area contributed by atoms with E-state index in [1.165, 1.54) is 12.0 Å². The van der Waals surface area contributed by atoms with E-state index in [0.29, 0.717) is 0 Å². The lowest BCUT2D eigenvalue weighted by Crippen LogP contribution is -2.02. The van der Waals surface area contributed by atoms with Crippen LogP contribution in [0.1, 0.15) is 25.3 Å². The van der Waals surface area contributed by atoms with Gasteiger partial charge in [-0.15, -0.1) is 11.3 Å². The number of nitrogens with zero attached hydrogens (tertiary/aromatic N) is 1. The van der Waals surface area contributed by atoms with E-state index in [2.05, 4.69) is 30.1 Å². The molecule has 3 nitrogen and oxygen atoms in total. The van der Waals surface area contributed by atoms with E-state index < -0.39 is 0 Å². The quantitative estimate of drug-likeness (QED) is 0.684. The average Bonchev–Trinajstić information content (AvgIpc) is 3.00. The molecule has 0 saturated carbocycles. The predicted octanol–water partition coefficient (Wildman–Crippen LogP) is 4.18. The number of unbranched alkanes of at least 4 members (excludes halogenated alkanes) is 1. The third kappa shape index (κ3) is 3.81.